The molecule has 0 bridgehead atoms. The van der Waals surface area contributed by atoms with E-state index in [1.807, 2.05) is 6.26 Å². The van der Waals surface area contributed by atoms with E-state index in [0.29, 0.717) is 12.8 Å². The molecular weight excluding hydrogens is 370 g/mol. The van der Waals surface area contributed by atoms with Gasteiger partial charge >= 0.3 is 5.97 Å². The Morgan fingerprint density at radius 1 is 0.929 bits per heavy atom. The summed E-state index contributed by atoms with van der Waals surface area (Å²) in [5.41, 5.74) is 0. The Bertz CT molecular complexity index is 449. The number of aliphatic carboxylic acids is 1. The fourth-order valence-electron chi connectivity index (χ4n) is 2.86. The number of carbonyl (C=O) groups is 2. The van der Waals surface area contributed by atoms with Crippen LogP contribution >= 0.6 is 11.8 Å². The number of carboxylic acid groups (broad SMARTS) is 1. The van der Waals surface area contributed by atoms with E-state index in [9.17, 15) is 9.59 Å². The zero-order valence-corrected chi connectivity index (χ0v) is 18.8. The SMILES string of the molecule is CCCCC/C=C\C/C=C\CCCCCCCC(=O)N[C@@H](CCSC)C(=O)O. The third kappa shape index (κ3) is 18.1. The van der Waals surface area contributed by atoms with Crippen molar-refractivity contribution in [2.45, 2.75) is 96.4 Å². The third-order valence-corrected chi connectivity index (χ3v) is 5.24. The van der Waals surface area contributed by atoms with E-state index in [-0.39, 0.29) is 5.91 Å². The monoisotopic (exact) mass is 411 g/mol. The largest absolute Gasteiger partial charge is 0.480 e. The van der Waals surface area contributed by atoms with Gasteiger partial charge in [-0.3, -0.25) is 4.79 Å². The summed E-state index contributed by atoms with van der Waals surface area (Å²) < 4.78 is 0. The quantitative estimate of drug-likeness (QED) is 0.198. The van der Waals surface area contributed by atoms with Crippen LogP contribution < -0.4 is 5.32 Å². The summed E-state index contributed by atoms with van der Waals surface area (Å²) in [6.45, 7) is 2.23. The van der Waals surface area contributed by atoms with E-state index >= 15 is 0 Å². The highest BCUT2D eigenvalue weighted by Gasteiger charge is 2.18. The number of nitrogens with one attached hydrogen (secondary N) is 1. The Kier molecular flexibility index (Phi) is 19.6. The molecule has 2 N–H and O–H groups in total. The van der Waals surface area contributed by atoms with Crippen LogP contribution in [0, 0.1) is 0 Å². The van der Waals surface area contributed by atoms with E-state index in [1.54, 1.807) is 11.8 Å². The van der Waals surface area contributed by atoms with Crippen molar-refractivity contribution >= 4 is 23.6 Å². The van der Waals surface area contributed by atoms with Crippen molar-refractivity contribution in [1.29, 1.82) is 0 Å². The molecule has 0 aromatic carbocycles. The van der Waals surface area contributed by atoms with E-state index in [0.717, 1.165) is 37.9 Å². The maximum Gasteiger partial charge on any atom is 0.326 e. The third-order valence-electron chi connectivity index (χ3n) is 4.60. The molecule has 4 nitrogen and oxygen atoms in total. The average Bonchev–Trinajstić information content (AvgIpc) is 2.67. The number of allylic oxidation sites excluding steroid dienone is 4. The Morgan fingerprint density at radius 2 is 1.54 bits per heavy atom. The van der Waals surface area contributed by atoms with Gasteiger partial charge in [0.1, 0.15) is 6.04 Å². The van der Waals surface area contributed by atoms with Crippen LogP contribution in [-0.2, 0) is 9.59 Å². The van der Waals surface area contributed by atoms with Gasteiger partial charge in [-0.2, -0.15) is 11.8 Å². The summed E-state index contributed by atoms with van der Waals surface area (Å²) in [6.07, 6.45) is 24.5. The molecule has 0 aromatic heterocycles. The summed E-state index contributed by atoms with van der Waals surface area (Å²) in [4.78, 5) is 23.0. The summed E-state index contributed by atoms with van der Waals surface area (Å²) in [5, 5.41) is 11.8. The first kappa shape index (κ1) is 26.8. The number of hydrogen-bond donors (Lipinski definition) is 2. The molecule has 0 fully saturated rings. The summed E-state index contributed by atoms with van der Waals surface area (Å²) in [6, 6.07) is -0.752. The molecule has 28 heavy (non-hydrogen) atoms. The molecule has 0 aromatic rings. The molecule has 0 aliphatic rings. The second-order valence-electron chi connectivity index (χ2n) is 7.22. The number of thioether (sulfide) groups is 1. The summed E-state index contributed by atoms with van der Waals surface area (Å²) >= 11 is 1.59. The number of carboxylic acids is 1. The van der Waals surface area contributed by atoms with Crippen molar-refractivity contribution in [3.63, 3.8) is 0 Å². The Labute approximate surface area is 176 Å². The number of amides is 1. The van der Waals surface area contributed by atoms with Crippen molar-refractivity contribution in [2.75, 3.05) is 12.0 Å². The maximum atomic E-state index is 11.9. The van der Waals surface area contributed by atoms with Crippen LogP contribution in [0.25, 0.3) is 0 Å². The van der Waals surface area contributed by atoms with Crippen LogP contribution in [0.4, 0.5) is 0 Å². The van der Waals surface area contributed by atoms with Gasteiger partial charge in [-0.1, -0.05) is 63.3 Å². The predicted molar refractivity (Wildman–Crippen MR) is 122 cm³/mol. The van der Waals surface area contributed by atoms with Crippen LogP contribution in [0.15, 0.2) is 24.3 Å². The van der Waals surface area contributed by atoms with E-state index in [1.165, 1.54) is 38.5 Å². The zero-order valence-electron chi connectivity index (χ0n) is 18.0. The lowest BCUT2D eigenvalue weighted by Gasteiger charge is -2.13. The Morgan fingerprint density at radius 3 is 2.14 bits per heavy atom. The average molecular weight is 412 g/mol. The van der Waals surface area contributed by atoms with Gasteiger partial charge in [0.05, 0.1) is 0 Å². The first-order chi connectivity index (χ1) is 13.6. The minimum absolute atomic E-state index is 0.140. The van der Waals surface area contributed by atoms with Crippen molar-refractivity contribution in [3.05, 3.63) is 24.3 Å². The number of hydrogen-bond acceptors (Lipinski definition) is 3. The Hall–Kier alpha value is -1.23. The van der Waals surface area contributed by atoms with Crippen molar-refractivity contribution in [3.8, 4) is 0 Å². The van der Waals surface area contributed by atoms with Crippen molar-refractivity contribution in [1.82, 2.24) is 5.32 Å². The molecular formula is C23H41NO3S. The standard InChI is InChI=1S/C23H41NO3S/c1-3-4-5-6-7-8-9-10-11-12-13-14-15-16-17-18-22(25)24-21(23(26)27)19-20-28-2/h7-8,10-11,21H,3-6,9,12-20H2,1-2H3,(H,24,25)(H,26,27)/b8-7-,11-10-/t21-/m0/s1. The van der Waals surface area contributed by atoms with E-state index < -0.39 is 12.0 Å². The molecule has 0 aliphatic heterocycles. The van der Waals surface area contributed by atoms with Crippen LogP contribution in [0.5, 0.6) is 0 Å². The molecule has 0 aliphatic carbocycles. The maximum absolute atomic E-state index is 11.9. The molecule has 0 spiro atoms. The van der Waals surface area contributed by atoms with Gasteiger partial charge in [0.2, 0.25) is 5.91 Å². The lowest BCUT2D eigenvalue weighted by molar-refractivity contribution is -0.141. The smallest absolute Gasteiger partial charge is 0.326 e. The number of unbranched alkanes of at least 4 members (excludes halogenated alkanes) is 8. The van der Waals surface area contributed by atoms with Crippen molar-refractivity contribution < 1.29 is 14.7 Å². The zero-order chi connectivity index (χ0) is 20.9. The predicted octanol–water partition coefficient (Wildman–Crippen LogP) is 6.12. The lowest BCUT2D eigenvalue weighted by atomic mass is 10.1. The fourth-order valence-corrected chi connectivity index (χ4v) is 3.33. The molecule has 1 atom stereocenters. The highest BCUT2D eigenvalue weighted by atomic mass is 32.2. The van der Waals surface area contributed by atoms with Gasteiger partial charge in [0.25, 0.3) is 0 Å². The van der Waals surface area contributed by atoms with Crippen LogP contribution in [-0.4, -0.2) is 35.0 Å². The van der Waals surface area contributed by atoms with Gasteiger partial charge in [-0.25, -0.2) is 4.79 Å². The molecule has 0 radical (unpaired) electrons. The highest BCUT2D eigenvalue weighted by Crippen LogP contribution is 2.09. The van der Waals surface area contributed by atoms with Crippen LogP contribution in [0.3, 0.4) is 0 Å². The van der Waals surface area contributed by atoms with Crippen LogP contribution in [0.2, 0.25) is 0 Å². The molecule has 0 rings (SSSR count). The minimum atomic E-state index is -0.942. The molecule has 0 heterocycles. The van der Waals surface area contributed by atoms with Gasteiger partial charge < -0.3 is 10.4 Å². The van der Waals surface area contributed by atoms with E-state index in [4.69, 9.17) is 5.11 Å². The van der Waals surface area contributed by atoms with E-state index in [2.05, 4.69) is 36.5 Å². The number of carbonyl (C=O) groups excluding carboxylic acids is 1. The molecule has 1 amide bonds. The molecule has 0 saturated carbocycles. The van der Waals surface area contributed by atoms with Gasteiger partial charge in [-0.05, 0) is 57.0 Å². The minimum Gasteiger partial charge on any atom is -0.480 e. The fraction of sp³-hybridized carbons (Fsp3) is 0.739. The number of rotatable bonds is 19. The molecule has 5 heteroatoms. The van der Waals surface area contributed by atoms with Crippen molar-refractivity contribution in [2.24, 2.45) is 0 Å². The Balaban J connectivity index is 3.54. The van der Waals surface area contributed by atoms with Gasteiger partial charge in [0.15, 0.2) is 0 Å². The second-order valence-corrected chi connectivity index (χ2v) is 8.21. The molecule has 162 valence electrons. The lowest BCUT2D eigenvalue weighted by Crippen LogP contribution is -2.41. The highest BCUT2D eigenvalue weighted by molar-refractivity contribution is 7.98. The van der Waals surface area contributed by atoms with Gasteiger partial charge in [-0.15, -0.1) is 0 Å². The second kappa shape index (κ2) is 20.5. The first-order valence-electron chi connectivity index (χ1n) is 10.9. The normalized spacial score (nSPS) is 12.6. The van der Waals surface area contributed by atoms with Crippen LogP contribution in [0.1, 0.15) is 90.4 Å². The molecule has 0 unspecified atom stereocenters. The molecule has 0 saturated heterocycles. The summed E-state index contributed by atoms with van der Waals surface area (Å²) in [5.74, 6) is -0.345. The summed E-state index contributed by atoms with van der Waals surface area (Å²) in [7, 11) is 0. The first-order valence-corrected chi connectivity index (χ1v) is 12.3. The topological polar surface area (TPSA) is 66.4 Å². The van der Waals surface area contributed by atoms with Gasteiger partial charge in [0, 0.05) is 6.42 Å².